The number of aliphatic hydroxyl groups excluding tert-OH is 1. The van der Waals surface area contributed by atoms with Crippen molar-refractivity contribution in [3.8, 4) is 0 Å². The van der Waals surface area contributed by atoms with Crippen LogP contribution in [0.3, 0.4) is 0 Å². The van der Waals surface area contributed by atoms with E-state index in [1.807, 2.05) is 19.1 Å². The zero-order valence-electron chi connectivity index (χ0n) is 18.2. The third kappa shape index (κ3) is 4.97. The minimum Gasteiger partial charge on any atom is -0.466 e. The molecule has 0 amide bonds. The van der Waals surface area contributed by atoms with Gasteiger partial charge in [-0.1, -0.05) is 25.1 Å². The third-order valence-corrected chi connectivity index (χ3v) is 6.13. The van der Waals surface area contributed by atoms with Crippen LogP contribution in [0.25, 0.3) is 0 Å². The first-order valence-electron chi connectivity index (χ1n) is 10.9. The van der Waals surface area contributed by atoms with E-state index >= 15 is 0 Å². The van der Waals surface area contributed by atoms with Gasteiger partial charge in [0.2, 0.25) is 0 Å². The number of furan rings is 1. The number of aryl methyl sites for hydroxylation is 1. The monoisotopic (exact) mass is 423 g/mol. The van der Waals surface area contributed by atoms with E-state index in [9.17, 15) is 9.50 Å². The van der Waals surface area contributed by atoms with Crippen LogP contribution in [0.1, 0.15) is 48.0 Å². The Hall–Kier alpha value is -2.70. The maximum absolute atomic E-state index is 14.9. The predicted octanol–water partition coefficient (Wildman–Crippen LogP) is 4.52. The van der Waals surface area contributed by atoms with E-state index in [0.29, 0.717) is 22.7 Å². The fraction of sp³-hybridized carbons (Fsp3) is 0.400. The van der Waals surface area contributed by atoms with Crippen molar-refractivity contribution in [1.29, 1.82) is 0 Å². The number of rotatable bonds is 7. The Morgan fingerprint density at radius 1 is 1.10 bits per heavy atom. The minimum atomic E-state index is -0.907. The highest BCUT2D eigenvalue weighted by Gasteiger charge is 2.25. The van der Waals surface area contributed by atoms with Gasteiger partial charge in [-0.15, -0.1) is 0 Å². The van der Waals surface area contributed by atoms with E-state index in [2.05, 4.69) is 27.8 Å². The van der Waals surface area contributed by atoms with E-state index in [1.165, 1.54) is 6.07 Å². The van der Waals surface area contributed by atoms with Gasteiger partial charge in [0.15, 0.2) is 0 Å². The first-order valence-corrected chi connectivity index (χ1v) is 10.9. The molecule has 31 heavy (non-hydrogen) atoms. The number of aromatic nitrogens is 1. The lowest BCUT2D eigenvalue weighted by Gasteiger charge is -2.37. The van der Waals surface area contributed by atoms with Crippen LogP contribution in [0.15, 0.2) is 59.3 Å². The van der Waals surface area contributed by atoms with Crippen molar-refractivity contribution in [2.24, 2.45) is 0 Å². The topological polar surface area (TPSA) is 52.7 Å². The second-order valence-electron chi connectivity index (χ2n) is 8.33. The molecule has 0 unspecified atom stereocenters. The number of hydrogen-bond donors (Lipinski definition) is 1. The third-order valence-electron chi connectivity index (χ3n) is 6.13. The summed E-state index contributed by atoms with van der Waals surface area (Å²) in [4.78, 5) is 8.56. The Balaban J connectivity index is 1.40. The SMILES string of the molecule is Cc1ccc([C@H](C)CCN2CCN(c3c(F)cccc3[C@@H](O)c3cccnc3)CC2)o1. The predicted molar refractivity (Wildman–Crippen MR) is 120 cm³/mol. The van der Waals surface area contributed by atoms with Crippen LogP contribution in [0.4, 0.5) is 10.1 Å². The molecular weight excluding hydrogens is 393 g/mol. The normalized spacial score (nSPS) is 17.0. The minimum absolute atomic E-state index is 0.296. The van der Waals surface area contributed by atoms with Crippen LogP contribution in [0.5, 0.6) is 0 Å². The number of pyridine rings is 1. The van der Waals surface area contributed by atoms with Crippen molar-refractivity contribution < 1.29 is 13.9 Å². The smallest absolute Gasteiger partial charge is 0.146 e. The van der Waals surface area contributed by atoms with Gasteiger partial charge in [0.25, 0.3) is 0 Å². The zero-order valence-corrected chi connectivity index (χ0v) is 18.2. The molecule has 1 fully saturated rings. The van der Waals surface area contributed by atoms with Crippen LogP contribution in [-0.4, -0.2) is 47.7 Å². The lowest BCUT2D eigenvalue weighted by molar-refractivity contribution is 0.218. The quantitative estimate of drug-likeness (QED) is 0.606. The first kappa shape index (κ1) is 21.5. The molecular formula is C25H30FN3O2. The standard InChI is InChI=1S/C25H30FN3O2/c1-18(23-9-8-19(2)31-23)10-12-28-13-15-29(16-14-28)24-21(6-3-7-22(24)26)25(30)20-5-4-11-27-17-20/h3-9,11,17-18,25,30H,10,12-16H2,1-2H3/t18-,25+/m1/s1. The maximum Gasteiger partial charge on any atom is 0.146 e. The zero-order chi connectivity index (χ0) is 21.8. The number of aliphatic hydroxyl groups is 1. The van der Waals surface area contributed by atoms with Crippen LogP contribution in [0, 0.1) is 12.7 Å². The maximum atomic E-state index is 14.9. The highest BCUT2D eigenvalue weighted by molar-refractivity contribution is 5.58. The van der Waals surface area contributed by atoms with Crippen molar-refractivity contribution in [2.45, 2.75) is 32.3 Å². The Morgan fingerprint density at radius 3 is 2.58 bits per heavy atom. The number of hydrogen-bond acceptors (Lipinski definition) is 5. The van der Waals surface area contributed by atoms with Gasteiger partial charge in [0, 0.05) is 55.6 Å². The molecule has 3 aromatic rings. The largest absolute Gasteiger partial charge is 0.466 e. The summed E-state index contributed by atoms with van der Waals surface area (Å²) in [5, 5.41) is 10.9. The number of piperazine rings is 1. The summed E-state index contributed by atoms with van der Waals surface area (Å²) in [5.41, 5.74) is 1.75. The van der Waals surface area contributed by atoms with Crippen LogP contribution in [0.2, 0.25) is 0 Å². The molecule has 0 saturated carbocycles. The van der Waals surface area contributed by atoms with Gasteiger partial charge in [-0.05, 0) is 44.2 Å². The Kier molecular flexibility index (Phi) is 6.68. The van der Waals surface area contributed by atoms with Crippen LogP contribution in [-0.2, 0) is 0 Å². The average Bonchev–Trinajstić information content (AvgIpc) is 3.24. The molecule has 1 aromatic carbocycles. The molecule has 0 aliphatic carbocycles. The molecule has 1 N–H and O–H groups in total. The molecule has 4 rings (SSSR count). The number of para-hydroxylation sites is 1. The molecule has 3 heterocycles. The first-order chi connectivity index (χ1) is 15.0. The highest BCUT2D eigenvalue weighted by Crippen LogP contribution is 2.33. The van der Waals surface area contributed by atoms with E-state index in [0.717, 1.165) is 50.7 Å². The Morgan fingerprint density at radius 2 is 1.90 bits per heavy atom. The van der Waals surface area contributed by atoms with E-state index in [-0.39, 0.29) is 5.82 Å². The van der Waals surface area contributed by atoms with Crippen LogP contribution < -0.4 is 4.90 Å². The van der Waals surface area contributed by atoms with Gasteiger partial charge < -0.3 is 14.4 Å². The molecule has 0 bridgehead atoms. The van der Waals surface area contributed by atoms with Crippen molar-refractivity contribution in [3.63, 3.8) is 0 Å². The lowest BCUT2D eigenvalue weighted by atomic mass is 9.99. The molecule has 164 valence electrons. The number of nitrogens with zero attached hydrogens (tertiary/aromatic N) is 3. The van der Waals surface area contributed by atoms with Gasteiger partial charge in [-0.3, -0.25) is 9.88 Å². The number of benzene rings is 1. The summed E-state index contributed by atoms with van der Waals surface area (Å²) in [6.45, 7) is 8.32. The van der Waals surface area contributed by atoms with Crippen molar-refractivity contribution >= 4 is 5.69 Å². The van der Waals surface area contributed by atoms with Crippen molar-refractivity contribution in [2.75, 3.05) is 37.6 Å². The molecule has 0 radical (unpaired) electrons. The van der Waals surface area contributed by atoms with Gasteiger partial charge in [0.1, 0.15) is 23.4 Å². The second-order valence-corrected chi connectivity index (χ2v) is 8.33. The molecule has 1 aliphatic rings. The summed E-state index contributed by atoms with van der Waals surface area (Å²) >= 11 is 0. The summed E-state index contributed by atoms with van der Waals surface area (Å²) in [6.07, 6.45) is 3.40. The molecule has 6 heteroatoms. The summed E-state index contributed by atoms with van der Waals surface area (Å²) < 4.78 is 20.6. The van der Waals surface area contributed by atoms with E-state index < -0.39 is 6.10 Å². The van der Waals surface area contributed by atoms with E-state index in [1.54, 1.807) is 30.6 Å². The Labute approximate surface area is 183 Å². The van der Waals surface area contributed by atoms with Crippen molar-refractivity contribution in [1.82, 2.24) is 9.88 Å². The molecule has 1 saturated heterocycles. The summed E-state index contributed by atoms with van der Waals surface area (Å²) in [5.74, 6) is 2.07. The molecule has 1 aliphatic heterocycles. The average molecular weight is 424 g/mol. The molecule has 2 atom stereocenters. The second kappa shape index (κ2) is 9.62. The Bertz CT molecular complexity index is 983. The summed E-state index contributed by atoms with van der Waals surface area (Å²) in [6, 6.07) is 12.6. The molecule has 0 spiro atoms. The molecule has 5 nitrogen and oxygen atoms in total. The fourth-order valence-corrected chi connectivity index (χ4v) is 4.24. The van der Waals surface area contributed by atoms with Crippen LogP contribution >= 0.6 is 0 Å². The number of halogens is 1. The lowest BCUT2D eigenvalue weighted by Crippen LogP contribution is -2.47. The fourth-order valence-electron chi connectivity index (χ4n) is 4.24. The highest BCUT2D eigenvalue weighted by atomic mass is 19.1. The summed E-state index contributed by atoms with van der Waals surface area (Å²) in [7, 11) is 0. The number of anilines is 1. The molecule has 2 aromatic heterocycles. The van der Waals surface area contributed by atoms with Crippen molar-refractivity contribution in [3.05, 3.63) is 83.3 Å². The van der Waals surface area contributed by atoms with Gasteiger partial charge >= 0.3 is 0 Å². The van der Waals surface area contributed by atoms with Gasteiger partial charge in [0.05, 0.1) is 5.69 Å². The van der Waals surface area contributed by atoms with Gasteiger partial charge in [-0.25, -0.2) is 4.39 Å². The van der Waals surface area contributed by atoms with E-state index in [4.69, 9.17) is 4.42 Å². The van der Waals surface area contributed by atoms with Gasteiger partial charge in [-0.2, -0.15) is 0 Å².